The summed E-state index contributed by atoms with van der Waals surface area (Å²) in [4.78, 5) is 17.1. The molecule has 1 fully saturated rings. The maximum Gasteiger partial charge on any atom is 0.317 e. The lowest BCUT2D eigenvalue weighted by atomic mass is 9.98. The summed E-state index contributed by atoms with van der Waals surface area (Å²) in [5.41, 5.74) is 0.983. The number of nitrogens with one attached hydrogen (secondary N) is 1. The van der Waals surface area contributed by atoms with Gasteiger partial charge in [0, 0.05) is 13.1 Å². The zero-order chi connectivity index (χ0) is 14.4. The maximum absolute atomic E-state index is 10.5. The van der Waals surface area contributed by atoms with E-state index in [4.69, 9.17) is 16.7 Å². The Bertz CT molecular complexity index is 456. The van der Waals surface area contributed by atoms with Crippen molar-refractivity contribution in [3.8, 4) is 0 Å². The fourth-order valence-electron chi connectivity index (χ4n) is 2.61. The molecule has 20 heavy (non-hydrogen) atoms. The molecule has 1 aromatic heterocycles. The smallest absolute Gasteiger partial charge is 0.317 e. The van der Waals surface area contributed by atoms with Crippen molar-refractivity contribution in [1.82, 2.24) is 15.2 Å². The lowest BCUT2D eigenvalue weighted by molar-refractivity contribution is -0.136. The van der Waals surface area contributed by atoms with Gasteiger partial charge in [-0.1, -0.05) is 17.7 Å². The first-order valence-corrected chi connectivity index (χ1v) is 7.27. The Morgan fingerprint density at radius 3 is 3.15 bits per heavy atom. The van der Waals surface area contributed by atoms with Crippen LogP contribution >= 0.6 is 11.6 Å². The molecule has 1 unspecified atom stereocenters. The zero-order valence-corrected chi connectivity index (χ0v) is 12.1. The van der Waals surface area contributed by atoms with Crippen LogP contribution in [0.3, 0.4) is 0 Å². The Hall–Kier alpha value is -1.17. The first-order chi connectivity index (χ1) is 9.63. The van der Waals surface area contributed by atoms with Crippen molar-refractivity contribution in [3.63, 3.8) is 0 Å². The Balaban J connectivity index is 1.79. The Labute approximate surface area is 123 Å². The molecule has 0 bridgehead atoms. The summed E-state index contributed by atoms with van der Waals surface area (Å²) in [6, 6.07) is 5.68. The quantitative estimate of drug-likeness (QED) is 0.781. The fraction of sp³-hybridized carbons (Fsp3) is 0.571. The first kappa shape index (κ1) is 15.2. The predicted octanol–water partition coefficient (Wildman–Crippen LogP) is 1.62. The maximum atomic E-state index is 10.5. The number of aliphatic carboxylic acids is 1. The number of carboxylic acids is 1. The molecule has 1 aliphatic heterocycles. The number of hydrogen-bond donors (Lipinski definition) is 2. The van der Waals surface area contributed by atoms with E-state index in [9.17, 15) is 4.79 Å². The van der Waals surface area contributed by atoms with E-state index in [-0.39, 0.29) is 6.54 Å². The summed E-state index contributed by atoms with van der Waals surface area (Å²) < 4.78 is 0. The number of pyridine rings is 1. The number of piperidine rings is 1. The van der Waals surface area contributed by atoms with Crippen LogP contribution in [0.4, 0.5) is 0 Å². The van der Waals surface area contributed by atoms with Gasteiger partial charge in [0.05, 0.1) is 12.2 Å². The van der Waals surface area contributed by atoms with Crippen LogP contribution in [-0.4, -0.2) is 47.1 Å². The van der Waals surface area contributed by atoms with Gasteiger partial charge in [-0.15, -0.1) is 0 Å². The Kier molecular flexibility index (Phi) is 5.76. The molecule has 6 heteroatoms. The van der Waals surface area contributed by atoms with Crippen LogP contribution in [-0.2, 0) is 11.3 Å². The molecule has 0 saturated carbocycles. The van der Waals surface area contributed by atoms with E-state index >= 15 is 0 Å². The van der Waals surface area contributed by atoms with E-state index in [1.807, 2.05) is 12.1 Å². The number of carboxylic acid groups (broad SMARTS) is 1. The van der Waals surface area contributed by atoms with Crippen molar-refractivity contribution in [1.29, 1.82) is 0 Å². The minimum atomic E-state index is -0.805. The number of carbonyl (C=O) groups is 1. The topological polar surface area (TPSA) is 65.5 Å². The van der Waals surface area contributed by atoms with E-state index in [1.165, 1.54) is 0 Å². The highest BCUT2D eigenvalue weighted by Crippen LogP contribution is 2.18. The highest BCUT2D eigenvalue weighted by Gasteiger charge is 2.20. The van der Waals surface area contributed by atoms with Crippen LogP contribution in [0, 0.1) is 5.92 Å². The second-order valence-electron chi connectivity index (χ2n) is 5.22. The lowest BCUT2D eigenvalue weighted by Crippen LogP contribution is -2.40. The Morgan fingerprint density at radius 2 is 2.40 bits per heavy atom. The molecule has 2 N–H and O–H groups in total. The molecule has 5 nitrogen and oxygen atoms in total. The molecular formula is C14H20ClN3O2. The third kappa shape index (κ3) is 5.07. The average molecular weight is 298 g/mol. The van der Waals surface area contributed by atoms with Gasteiger partial charge in [0.15, 0.2) is 0 Å². The highest BCUT2D eigenvalue weighted by atomic mass is 35.5. The third-order valence-corrected chi connectivity index (χ3v) is 3.68. The van der Waals surface area contributed by atoms with Gasteiger partial charge in [0.1, 0.15) is 5.15 Å². The molecule has 0 aliphatic carbocycles. The van der Waals surface area contributed by atoms with Crippen LogP contribution in [0.15, 0.2) is 18.2 Å². The van der Waals surface area contributed by atoms with Crippen LogP contribution < -0.4 is 5.32 Å². The van der Waals surface area contributed by atoms with Crippen molar-refractivity contribution in [2.24, 2.45) is 5.92 Å². The summed E-state index contributed by atoms with van der Waals surface area (Å²) in [5, 5.41) is 12.1. The van der Waals surface area contributed by atoms with Crippen molar-refractivity contribution in [2.75, 3.05) is 26.2 Å². The van der Waals surface area contributed by atoms with Gasteiger partial charge in [0.25, 0.3) is 0 Å². The molecule has 1 aromatic rings. The van der Waals surface area contributed by atoms with E-state index < -0.39 is 5.97 Å². The van der Waals surface area contributed by atoms with Crippen LogP contribution in [0.25, 0.3) is 0 Å². The van der Waals surface area contributed by atoms with Gasteiger partial charge in [-0.05, 0) is 44.0 Å². The largest absolute Gasteiger partial charge is 0.480 e. The van der Waals surface area contributed by atoms with Crippen molar-refractivity contribution >= 4 is 17.6 Å². The number of halogens is 1. The molecule has 0 aromatic carbocycles. The van der Waals surface area contributed by atoms with Gasteiger partial charge in [-0.3, -0.25) is 9.69 Å². The second kappa shape index (κ2) is 7.57. The van der Waals surface area contributed by atoms with Gasteiger partial charge < -0.3 is 10.4 Å². The standard InChI is InChI=1S/C14H20ClN3O2/c15-13-5-1-4-12(17-13)10-18-6-2-3-11(9-18)7-16-8-14(19)20/h1,4-5,11,16H,2-3,6-10H2,(H,19,20). The molecule has 0 radical (unpaired) electrons. The first-order valence-electron chi connectivity index (χ1n) is 6.90. The monoisotopic (exact) mass is 297 g/mol. The molecular weight excluding hydrogens is 278 g/mol. The highest BCUT2D eigenvalue weighted by molar-refractivity contribution is 6.29. The molecule has 1 saturated heterocycles. The van der Waals surface area contributed by atoms with E-state index in [0.717, 1.165) is 44.7 Å². The minimum absolute atomic E-state index is 0.0341. The molecule has 1 aliphatic rings. The zero-order valence-electron chi connectivity index (χ0n) is 11.4. The number of likely N-dealkylation sites (tertiary alicyclic amines) is 1. The van der Waals surface area contributed by atoms with Crippen LogP contribution in [0.1, 0.15) is 18.5 Å². The van der Waals surface area contributed by atoms with Crippen LogP contribution in [0.2, 0.25) is 5.15 Å². The van der Waals surface area contributed by atoms with E-state index in [1.54, 1.807) is 6.07 Å². The second-order valence-corrected chi connectivity index (χ2v) is 5.61. The van der Waals surface area contributed by atoms with E-state index in [0.29, 0.717) is 11.1 Å². The number of nitrogens with zero attached hydrogens (tertiary/aromatic N) is 2. The molecule has 0 amide bonds. The van der Waals surface area contributed by atoms with Gasteiger partial charge in [-0.25, -0.2) is 4.98 Å². The summed E-state index contributed by atoms with van der Waals surface area (Å²) >= 11 is 5.89. The Morgan fingerprint density at radius 1 is 1.55 bits per heavy atom. The van der Waals surface area contributed by atoms with Crippen molar-refractivity contribution < 1.29 is 9.90 Å². The normalized spacial score (nSPS) is 19.9. The molecule has 2 heterocycles. The van der Waals surface area contributed by atoms with E-state index in [2.05, 4.69) is 15.2 Å². The number of aromatic nitrogens is 1. The van der Waals surface area contributed by atoms with Gasteiger partial charge in [0.2, 0.25) is 0 Å². The minimum Gasteiger partial charge on any atom is -0.480 e. The van der Waals surface area contributed by atoms with Crippen LogP contribution in [0.5, 0.6) is 0 Å². The summed E-state index contributed by atoms with van der Waals surface area (Å²) in [6.07, 6.45) is 2.28. The molecule has 1 atom stereocenters. The molecule has 0 spiro atoms. The predicted molar refractivity (Wildman–Crippen MR) is 77.8 cm³/mol. The summed E-state index contributed by atoms with van der Waals surface area (Å²) in [5.74, 6) is -0.303. The van der Waals surface area contributed by atoms with Gasteiger partial charge >= 0.3 is 5.97 Å². The summed E-state index contributed by atoms with van der Waals surface area (Å²) in [7, 11) is 0. The fourth-order valence-corrected chi connectivity index (χ4v) is 2.79. The van der Waals surface area contributed by atoms with Crippen molar-refractivity contribution in [3.05, 3.63) is 29.0 Å². The third-order valence-electron chi connectivity index (χ3n) is 3.47. The molecule has 110 valence electrons. The molecule has 2 rings (SSSR count). The van der Waals surface area contributed by atoms with Crippen molar-refractivity contribution in [2.45, 2.75) is 19.4 Å². The number of rotatable bonds is 6. The number of hydrogen-bond acceptors (Lipinski definition) is 4. The summed E-state index contributed by atoms with van der Waals surface area (Å²) in [6.45, 7) is 3.62. The average Bonchev–Trinajstić information content (AvgIpc) is 2.39. The SMILES string of the molecule is O=C(O)CNCC1CCCN(Cc2cccc(Cl)n2)C1. The van der Waals surface area contributed by atoms with Gasteiger partial charge in [-0.2, -0.15) is 0 Å². The lowest BCUT2D eigenvalue weighted by Gasteiger charge is -2.32.